The lowest BCUT2D eigenvalue weighted by molar-refractivity contribution is 0.0917. The van der Waals surface area contributed by atoms with Crippen molar-refractivity contribution in [2.75, 3.05) is 6.54 Å². The monoisotopic (exact) mass is 353 g/mol. The molecular formula is C21H23NO2S. The van der Waals surface area contributed by atoms with Gasteiger partial charge >= 0.3 is 0 Å². The van der Waals surface area contributed by atoms with E-state index >= 15 is 0 Å². The minimum absolute atomic E-state index is 0.0607. The first kappa shape index (κ1) is 17.6. The van der Waals surface area contributed by atoms with Gasteiger partial charge in [0.05, 0.1) is 6.10 Å². The molecule has 0 radical (unpaired) electrons. The van der Waals surface area contributed by atoms with Gasteiger partial charge < -0.3 is 10.4 Å². The molecule has 0 aliphatic carbocycles. The molecule has 0 saturated heterocycles. The van der Waals surface area contributed by atoms with Crippen molar-refractivity contribution < 1.29 is 9.90 Å². The third kappa shape index (κ3) is 3.91. The van der Waals surface area contributed by atoms with Gasteiger partial charge in [0, 0.05) is 22.4 Å². The molecule has 1 amide bonds. The molecule has 0 aliphatic heterocycles. The van der Waals surface area contributed by atoms with Gasteiger partial charge in [0.15, 0.2) is 0 Å². The van der Waals surface area contributed by atoms with Crippen LogP contribution >= 0.6 is 11.3 Å². The summed E-state index contributed by atoms with van der Waals surface area (Å²) in [7, 11) is 0. The molecule has 3 nitrogen and oxygen atoms in total. The molecule has 3 aromatic rings. The van der Waals surface area contributed by atoms with Crippen LogP contribution in [0, 0.1) is 0 Å². The Hall–Kier alpha value is -2.17. The molecule has 0 fully saturated rings. The highest BCUT2D eigenvalue weighted by Crippen LogP contribution is 2.30. The molecule has 2 N–H and O–H groups in total. The van der Waals surface area contributed by atoms with Gasteiger partial charge in [-0.15, -0.1) is 11.3 Å². The first-order valence-electron chi connectivity index (χ1n) is 8.39. The minimum atomic E-state index is -0.714. The number of hydrogen-bond acceptors (Lipinski definition) is 3. The fourth-order valence-electron chi connectivity index (χ4n) is 2.78. The Morgan fingerprint density at radius 3 is 2.48 bits per heavy atom. The normalized spacial score (nSPS) is 13.0. The summed E-state index contributed by atoms with van der Waals surface area (Å²) in [5, 5.41) is 16.3. The van der Waals surface area contributed by atoms with Crippen molar-refractivity contribution in [3.05, 3.63) is 70.6 Å². The van der Waals surface area contributed by atoms with Crippen LogP contribution in [0.5, 0.6) is 0 Å². The van der Waals surface area contributed by atoms with Gasteiger partial charge in [-0.05, 0) is 39.9 Å². The van der Waals surface area contributed by atoms with Gasteiger partial charge in [0.1, 0.15) is 0 Å². The number of amides is 1. The summed E-state index contributed by atoms with van der Waals surface area (Å²) in [4.78, 5) is 12.3. The van der Waals surface area contributed by atoms with E-state index in [0.717, 1.165) is 15.6 Å². The first-order chi connectivity index (χ1) is 11.9. The van der Waals surface area contributed by atoms with Crippen LogP contribution in [0.2, 0.25) is 0 Å². The Morgan fingerprint density at radius 1 is 1.12 bits per heavy atom. The molecule has 0 aliphatic rings. The zero-order valence-electron chi connectivity index (χ0n) is 14.7. The number of nitrogens with one attached hydrogen (secondary N) is 1. The van der Waals surface area contributed by atoms with E-state index < -0.39 is 6.10 Å². The van der Waals surface area contributed by atoms with E-state index in [0.29, 0.717) is 5.56 Å². The molecule has 3 rings (SSSR count). The summed E-state index contributed by atoms with van der Waals surface area (Å²) in [5.41, 5.74) is 2.72. The summed E-state index contributed by atoms with van der Waals surface area (Å²) in [5.74, 6) is -0.168. The predicted octanol–water partition coefficient (Wildman–Crippen LogP) is 4.66. The van der Waals surface area contributed by atoms with Gasteiger partial charge in [0.2, 0.25) is 0 Å². The zero-order valence-corrected chi connectivity index (χ0v) is 15.6. The molecule has 130 valence electrons. The summed E-state index contributed by atoms with van der Waals surface area (Å²) < 4.78 is 1.14. The Bertz CT molecular complexity index is 875. The third-order valence-electron chi connectivity index (χ3n) is 4.34. The number of rotatable bonds is 4. The zero-order chi connectivity index (χ0) is 18.0. The number of aliphatic hydroxyl groups excluding tert-OH is 1. The predicted molar refractivity (Wildman–Crippen MR) is 104 cm³/mol. The molecule has 0 spiro atoms. The Morgan fingerprint density at radius 2 is 1.80 bits per heavy atom. The maximum Gasteiger partial charge on any atom is 0.251 e. The van der Waals surface area contributed by atoms with E-state index in [4.69, 9.17) is 0 Å². The highest BCUT2D eigenvalue weighted by Gasteiger charge is 2.16. The topological polar surface area (TPSA) is 49.3 Å². The highest BCUT2D eigenvalue weighted by atomic mass is 32.1. The number of carbonyl (C=O) groups excluding carboxylic acids is 1. The number of thiophene rings is 1. The number of benzene rings is 2. The van der Waals surface area contributed by atoms with Crippen LogP contribution in [0.1, 0.15) is 48.4 Å². The lowest BCUT2D eigenvalue weighted by Crippen LogP contribution is -2.28. The average Bonchev–Trinajstić information content (AvgIpc) is 3.03. The van der Waals surface area contributed by atoms with Crippen molar-refractivity contribution in [2.24, 2.45) is 0 Å². The van der Waals surface area contributed by atoms with Crippen LogP contribution in [0.25, 0.3) is 10.1 Å². The molecule has 2 aromatic carbocycles. The summed E-state index contributed by atoms with van der Waals surface area (Å²) in [6.45, 7) is 6.62. The third-order valence-corrected chi connectivity index (χ3v) is 5.32. The fraction of sp³-hybridized carbons (Fsp3) is 0.286. The molecule has 1 aromatic heterocycles. The van der Waals surface area contributed by atoms with Gasteiger partial charge in [-0.3, -0.25) is 4.79 Å². The van der Waals surface area contributed by atoms with Crippen LogP contribution in [0.4, 0.5) is 0 Å². The molecule has 1 atom stereocenters. The number of fused-ring (bicyclic) bond motifs is 1. The van der Waals surface area contributed by atoms with Crippen LogP contribution in [0.3, 0.4) is 0 Å². The van der Waals surface area contributed by atoms with E-state index in [2.05, 4.69) is 26.1 Å². The summed E-state index contributed by atoms with van der Waals surface area (Å²) >= 11 is 1.60. The van der Waals surface area contributed by atoms with Gasteiger partial charge in [-0.1, -0.05) is 51.1 Å². The molecule has 0 saturated carbocycles. The number of carbonyl (C=O) groups is 1. The van der Waals surface area contributed by atoms with E-state index in [1.54, 1.807) is 11.3 Å². The molecule has 1 heterocycles. The van der Waals surface area contributed by atoms with E-state index in [1.807, 2.05) is 53.9 Å². The highest BCUT2D eigenvalue weighted by molar-refractivity contribution is 7.17. The first-order valence-corrected chi connectivity index (χ1v) is 9.27. The summed E-state index contributed by atoms with van der Waals surface area (Å²) in [6, 6.07) is 15.6. The van der Waals surface area contributed by atoms with Crippen molar-refractivity contribution >= 4 is 27.3 Å². The molecular weight excluding hydrogens is 330 g/mol. The second-order valence-electron chi connectivity index (χ2n) is 7.24. The van der Waals surface area contributed by atoms with Crippen molar-refractivity contribution in [1.29, 1.82) is 0 Å². The molecule has 1 unspecified atom stereocenters. The van der Waals surface area contributed by atoms with Gasteiger partial charge in [-0.25, -0.2) is 0 Å². The lowest BCUT2D eigenvalue weighted by atomic mass is 9.87. The van der Waals surface area contributed by atoms with Crippen LogP contribution in [0.15, 0.2) is 53.9 Å². The lowest BCUT2D eigenvalue weighted by Gasteiger charge is -2.19. The Balaban J connectivity index is 1.65. The second-order valence-corrected chi connectivity index (χ2v) is 8.15. The van der Waals surface area contributed by atoms with Crippen molar-refractivity contribution in [1.82, 2.24) is 5.32 Å². The van der Waals surface area contributed by atoms with Crippen molar-refractivity contribution in [2.45, 2.75) is 32.3 Å². The number of aliphatic hydroxyl groups is 1. The van der Waals surface area contributed by atoms with E-state index in [9.17, 15) is 9.90 Å². The van der Waals surface area contributed by atoms with Gasteiger partial charge in [0.25, 0.3) is 5.91 Å². The van der Waals surface area contributed by atoms with Crippen LogP contribution in [-0.2, 0) is 5.41 Å². The molecule has 0 bridgehead atoms. The Labute approximate surface area is 152 Å². The quantitative estimate of drug-likeness (QED) is 0.716. The Kier molecular flexibility index (Phi) is 4.93. The maximum atomic E-state index is 12.3. The van der Waals surface area contributed by atoms with Gasteiger partial charge in [-0.2, -0.15) is 0 Å². The minimum Gasteiger partial charge on any atom is -0.387 e. The summed E-state index contributed by atoms with van der Waals surface area (Å²) in [6.07, 6.45) is -0.714. The SMILES string of the molecule is CC(C)(C)c1ccc(C(=O)NCC(O)c2csc3ccccc23)cc1. The fourth-order valence-corrected chi connectivity index (χ4v) is 3.79. The second kappa shape index (κ2) is 6.98. The average molecular weight is 353 g/mol. The van der Waals surface area contributed by atoms with Crippen molar-refractivity contribution in [3.8, 4) is 0 Å². The van der Waals surface area contributed by atoms with E-state index in [1.165, 1.54) is 5.56 Å². The van der Waals surface area contributed by atoms with Crippen LogP contribution in [-0.4, -0.2) is 17.6 Å². The molecule has 25 heavy (non-hydrogen) atoms. The largest absolute Gasteiger partial charge is 0.387 e. The van der Waals surface area contributed by atoms with Crippen molar-refractivity contribution in [3.63, 3.8) is 0 Å². The smallest absolute Gasteiger partial charge is 0.251 e. The molecule has 4 heteroatoms. The van der Waals surface area contributed by atoms with E-state index in [-0.39, 0.29) is 17.9 Å². The number of hydrogen-bond donors (Lipinski definition) is 2. The maximum absolute atomic E-state index is 12.3. The standard InChI is InChI=1S/C21H23NO2S/c1-21(2,3)15-10-8-14(9-11-15)20(24)22-12-18(23)17-13-25-19-7-5-4-6-16(17)19/h4-11,13,18,23H,12H2,1-3H3,(H,22,24). The van der Waals surface area contributed by atoms with Crippen LogP contribution < -0.4 is 5.32 Å².